The molecule has 1 fully saturated rings. The third kappa shape index (κ3) is 4.12. The molecule has 1 aliphatic rings. The molecule has 2 nitrogen and oxygen atoms in total. The van der Waals surface area contributed by atoms with Crippen molar-refractivity contribution < 1.29 is 0 Å². The van der Waals surface area contributed by atoms with E-state index in [1.54, 1.807) is 0 Å². The third-order valence-electron chi connectivity index (χ3n) is 3.89. The Kier molecular flexibility index (Phi) is 6.26. The molecule has 0 aliphatic heterocycles. The van der Waals surface area contributed by atoms with E-state index in [-0.39, 0.29) is 0 Å². The van der Waals surface area contributed by atoms with Crippen LogP contribution in [0.5, 0.6) is 0 Å². The summed E-state index contributed by atoms with van der Waals surface area (Å²) in [6.45, 7) is 3.10. The fourth-order valence-electron chi connectivity index (χ4n) is 2.39. The normalized spacial score (nSPS) is 19.2. The first-order chi connectivity index (χ1) is 7.29. The molecule has 0 radical (unpaired) electrons. The largest absolute Gasteiger partial charge is 0.329 e. The molecule has 1 rings (SSSR count). The van der Waals surface area contributed by atoms with Gasteiger partial charge in [-0.25, -0.2) is 0 Å². The summed E-state index contributed by atoms with van der Waals surface area (Å²) in [5, 5.41) is 0. The number of likely N-dealkylation sites (N-methyl/N-ethyl adjacent to an activating group) is 1. The molecule has 15 heavy (non-hydrogen) atoms. The van der Waals surface area contributed by atoms with Crippen LogP contribution in [0.3, 0.4) is 0 Å². The van der Waals surface area contributed by atoms with E-state index in [9.17, 15) is 0 Å². The molecule has 0 aromatic carbocycles. The van der Waals surface area contributed by atoms with Gasteiger partial charge in [0.1, 0.15) is 0 Å². The number of nitrogens with two attached hydrogens (primary N) is 1. The van der Waals surface area contributed by atoms with E-state index in [1.807, 2.05) is 0 Å². The number of rotatable bonds is 8. The quantitative estimate of drug-likeness (QED) is 0.627. The summed E-state index contributed by atoms with van der Waals surface area (Å²) in [7, 11) is 2.27. The van der Waals surface area contributed by atoms with Crippen molar-refractivity contribution in [3.8, 4) is 0 Å². The Balaban J connectivity index is 2.15. The summed E-state index contributed by atoms with van der Waals surface area (Å²) in [6, 6.07) is 1.47. The van der Waals surface area contributed by atoms with Crippen LogP contribution in [0, 0.1) is 0 Å². The highest BCUT2D eigenvalue weighted by atomic mass is 15.2. The highest BCUT2D eigenvalue weighted by Gasteiger charge is 2.26. The lowest BCUT2D eigenvalue weighted by Crippen LogP contribution is -2.47. The smallest absolute Gasteiger partial charge is 0.0218 e. The topological polar surface area (TPSA) is 29.3 Å². The van der Waals surface area contributed by atoms with Crippen LogP contribution in [0.15, 0.2) is 0 Å². The Labute approximate surface area is 95.2 Å². The van der Waals surface area contributed by atoms with E-state index in [1.165, 1.54) is 51.4 Å². The maximum Gasteiger partial charge on any atom is 0.0218 e. The van der Waals surface area contributed by atoms with Gasteiger partial charge in [-0.3, -0.25) is 4.90 Å². The van der Waals surface area contributed by atoms with Gasteiger partial charge in [-0.1, -0.05) is 39.0 Å². The molecule has 0 bridgehead atoms. The average molecular weight is 212 g/mol. The monoisotopic (exact) mass is 212 g/mol. The van der Waals surface area contributed by atoms with Crippen molar-refractivity contribution in [2.24, 2.45) is 5.73 Å². The second-order valence-corrected chi connectivity index (χ2v) is 4.99. The van der Waals surface area contributed by atoms with Gasteiger partial charge < -0.3 is 5.73 Å². The van der Waals surface area contributed by atoms with Crippen LogP contribution in [0.1, 0.15) is 58.3 Å². The third-order valence-corrected chi connectivity index (χ3v) is 3.89. The number of hydrogen-bond acceptors (Lipinski definition) is 2. The first-order valence-corrected chi connectivity index (χ1v) is 6.71. The zero-order chi connectivity index (χ0) is 11.1. The van der Waals surface area contributed by atoms with Crippen molar-refractivity contribution in [3.63, 3.8) is 0 Å². The summed E-state index contributed by atoms with van der Waals surface area (Å²) < 4.78 is 0. The van der Waals surface area contributed by atoms with Crippen LogP contribution in [0.4, 0.5) is 0 Å². The van der Waals surface area contributed by atoms with Crippen molar-refractivity contribution in [1.29, 1.82) is 0 Å². The minimum absolute atomic E-state index is 0.632. The van der Waals surface area contributed by atoms with Crippen molar-refractivity contribution in [2.75, 3.05) is 13.6 Å². The highest BCUT2D eigenvalue weighted by Crippen LogP contribution is 2.26. The van der Waals surface area contributed by atoms with Crippen LogP contribution in [-0.2, 0) is 0 Å². The summed E-state index contributed by atoms with van der Waals surface area (Å²) in [5.41, 5.74) is 5.86. The first-order valence-electron chi connectivity index (χ1n) is 6.71. The molecule has 2 N–H and O–H groups in total. The lowest BCUT2D eigenvalue weighted by molar-refractivity contribution is 0.107. The molecule has 0 amide bonds. The molecular formula is C13H28N2. The minimum atomic E-state index is 0.632. The maximum absolute atomic E-state index is 5.86. The van der Waals surface area contributed by atoms with Gasteiger partial charge in [0.05, 0.1) is 0 Å². The molecule has 0 aromatic rings. The van der Waals surface area contributed by atoms with E-state index < -0.39 is 0 Å². The lowest BCUT2D eigenvalue weighted by Gasteiger charge is -2.39. The van der Waals surface area contributed by atoms with Crippen molar-refractivity contribution >= 4 is 0 Å². The highest BCUT2D eigenvalue weighted by molar-refractivity contribution is 4.83. The van der Waals surface area contributed by atoms with Crippen molar-refractivity contribution in [2.45, 2.75) is 70.4 Å². The maximum atomic E-state index is 5.86. The molecule has 1 saturated carbocycles. The average Bonchev–Trinajstić information content (AvgIpc) is 2.15. The molecule has 2 heteroatoms. The Morgan fingerprint density at radius 2 is 2.00 bits per heavy atom. The van der Waals surface area contributed by atoms with Gasteiger partial charge in [-0.15, -0.1) is 0 Å². The first kappa shape index (κ1) is 13.0. The van der Waals surface area contributed by atoms with Crippen LogP contribution >= 0.6 is 0 Å². The summed E-state index contributed by atoms with van der Waals surface area (Å²) in [6.07, 6.45) is 10.9. The number of hydrogen-bond donors (Lipinski definition) is 1. The fraction of sp³-hybridized carbons (Fsp3) is 1.00. The van der Waals surface area contributed by atoms with Gasteiger partial charge in [0, 0.05) is 18.6 Å². The van der Waals surface area contributed by atoms with Crippen LogP contribution < -0.4 is 5.73 Å². The molecule has 1 aliphatic carbocycles. The second kappa shape index (κ2) is 7.24. The molecule has 90 valence electrons. The molecule has 1 unspecified atom stereocenters. The van der Waals surface area contributed by atoms with E-state index >= 15 is 0 Å². The van der Waals surface area contributed by atoms with Gasteiger partial charge in [-0.05, 0) is 26.3 Å². The predicted molar refractivity (Wildman–Crippen MR) is 67.0 cm³/mol. The zero-order valence-electron chi connectivity index (χ0n) is 10.5. The molecule has 0 heterocycles. The predicted octanol–water partition coefficient (Wildman–Crippen LogP) is 2.77. The van der Waals surface area contributed by atoms with Gasteiger partial charge in [0.2, 0.25) is 0 Å². The van der Waals surface area contributed by atoms with E-state index in [4.69, 9.17) is 5.73 Å². The molecule has 0 spiro atoms. The van der Waals surface area contributed by atoms with E-state index in [0.717, 1.165) is 12.6 Å². The lowest BCUT2D eigenvalue weighted by atomic mass is 9.90. The van der Waals surface area contributed by atoms with E-state index in [0.29, 0.717) is 6.04 Å². The SMILES string of the molecule is CCCCCCC(CN)N(C)C1CCC1. The molecule has 0 aromatic heterocycles. The van der Waals surface area contributed by atoms with Crippen molar-refractivity contribution in [3.05, 3.63) is 0 Å². The van der Waals surface area contributed by atoms with Crippen LogP contribution in [0.2, 0.25) is 0 Å². The zero-order valence-corrected chi connectivity index (χ0v) is 10.5. The Morgan fingerprint density at radius 3 is 2.47 bits per heavy atom. The standard InChI is InChI=1S/C13H28N2/c1-3-4-5-6-8-13(11-14)15(2)12-9-7-10-12/h12-13H,3-11,14H2,1-2H3. The Bertz CT molecular complexity index is 155. The Hall–Kier alpha value is -0.0800. The minimum Gasteiger partial charge on any atom is -0.329 e. The number of unbranched alkanes of at least 4 members (excludes halogenated alkanes) is 3. The van der Waals surface area contributed by atoms with Gasteiger partial charge in [-0.2, -0.15) is 0 Å². The number of nitrogens with zero attached hydrogens (tertiary/aromatic N) is 1. The van der Waals surface area contributed by atoms with Gasteiger partial charge in [0.15, 0.2) is 0 Å². The molecule has 1 atom stereocenters. The Morgan fingerprint density at radius 1 is 1.27 bits per heavy atom. The summed E-state index contributed by atoms with van der Waals surface area (Å²) >= 11 is 0. The molecule has 0 saturated heterocycles. The summed E-state index contributed by atoms with van der Waals surface area (Å²) in [5.74, 6) is 0. The van der Waals surface area contributed by atoms with E-state index in [2.05, 4.69) is 18.9 Å². The second-order valence-electron chi connectivity index (χ2n) is 4.99. The van der Waals surface area contributed by atoms with Gasteiger partial charge in [0.25, 0.3) is 0 Å². The summed E-state index contributed by atoms with van der Waals surface area (Å²) in [4.78, 5) is 2.54. The van der Waals surface area contributed by atoms with Gasteiger partial charge >= 0.3 is 0 Å². The molecular weight excluding hydrogens is 184 g/mol. The van der Waals surface area contributed by atoms with Crippen LogP contribution in [0.25, 0.3) is 0 Å². The van der Waals surface area contributed by atoms with Crippen LogP contribution in [-0.4, -0.2) is 30.6 Å². The van der Waals surface area contributed by atoms with Crippen molar-refractivity contribution in [1.82, 2.24) is 4.90 Å². The fourth-order valence-corrected chi connectivity index (χ4v) is 2.39.